The Hall–Kier alpha value is -1.08. The van der Waals surface area contributed by atoms with Crippen LogP contribution in [0.15, 0.2) is 30.3 Å². The normalized spacial score (nSPS) is 15.4. The molecule has 0 amide bonds. The van der Waals surface area contributed by atoms with Gasteiger partial charge in [-0.25, -0.2) is 8.78 Å². The molecule has 6 heteroatoms. The van der Waals surface area contributed by atoms with Gasteiger partial charge in [0.2, 0.25) is 0 Å². The zero-order chi connectivity index (χ0) is 13.6. The fraction of sp³-hybridized carbons (Fsp3) is 0.500. The topological polar surface area (TPSA) is 69.9 Å². The first-order valence-electron chi connectivity index (χ1n) is 5.45. The Kier molecular flexibility index (Phi) is 5.61. The molecule has 0 aliphatic carbocycles. The fourth-order valence-electron chi connectivity index (χ4n) is 1.32. The average molecular weight is 262 g/mol. The van der Waals surface area contributed by atoms with Crippen LogP contribution in [0.3, 0.4) is 0 Å². The summed E-state index contributed by atoms with van der Waals surface area (Å²) >= 11 is 0. The second-order valence-electron chi connectivity index (χ2n) is 3.89. The van der Waals surface area contributed by atoms with Crippen molar-refractivity contribution in [3.63, 3.8) is 0 Å². The number of hydrogen-bond donors (Lipinski definition) is 3. The standard InChI is InChI=1S/C12H16F2O4/c13-12(14,10(16)6-15)11(17)8-18-7-9-4-2-1-3-5-9/h1-5,10-11,15-17H,6-8H2/t10-,11+/m0/s1. The second-order valence-corrected chi connectivity index (χ2v) is 3.89. The lowest BCUT2D eigenvalue weighted by atomic mass is 10.1. The Bertz CT molecular complexity index is 345. The Morgan fingerprint density at radius 2 is 1.72 bits per heavy atom. The van der Waals surface area contributed by atoms with Crippen LogP contribution in [0.2, 0.25) is 0 Å². The molecule has 1 aromatic carbocycles. The molecule has 4 nitrogen and oxygen atoms in total. The van der Waals surface area contributed by atoms with Crippen molar-refractivity contribution in [2.75, 3.05) is 13.2 Å². The number of halogens is 2. The van der Waals surface area contributed by atoms with Gasteiger partial charge in [-0.15, -0.1) is 0 Å². The highest BCUT2D eigenvalue weighted by Crippen LogP contribution is 2.23. The van der Waals surface area contributed by atoms with E-state index < -0.39 is 31.3 Å². The van der Waals surface area contributed by atoms with Gasteiger partial charge in [0, 0.05) is 0 Å². The molecule has 1 aromatic rings. The Morgan fingerprint density at radius 1 is 1.11 bits per heavy atom. The van der Waals surface area contributed by atoms with E-state index in [1.807, 2.05) is 6.07 Å². The summed E-state index contributed by atoms with van der Waals surface area (Å²) in [7, 11) is 0. The Morgan fingerprint density at radius 3 is 2.28 bits per heavy atom. The van der Waals surface area contributed by atoms with Crippen LogP contribution in [-0.4, -0.2) is 46.7 Å². The highest BCUT2D eigenvalue weighted by atomic mass is 19.3. The van der Waals surface area contributed by atoms with Crippen LogP contribution in [0.4, 0.5) is 8.78 Å². The van der Waals surface area contributed by atoms with Gasteiger partial charge in [0.1, 0.15) is 12.2 Å². The molecule has 0 bridgehead atoms. The summed E-state index contributed by atoms with van der Waals surface area (Å²) in [4.78, 5) is 0. The summed E-state index contributed by atoms with van der Waals surface area (Å²) in [6, 6.07) is 8.88. The molecular formula is C12H16F2O4. The van der Waals surface area contributed by atoms with Crippen molar-refractivity contribution in [3.8, 4) is 0 Å². The Balaban J connectivity index is 2.39. The molecular weight excluding hydrogens is 246 g/mol. The van der Waals surface area contributed by atoms with E-state index in [1.54, 1.807) is 24.3 Å². The number of benzene rings is 1. The summed E-state index contributed by atoms with van der Waals surface area (Å²) < 4.78 is 31.3. The maximum Gasteiger partial charge on any atom is 0.303 e. The van der Waals surface area contributed by atoms with Gasteiger partial charge in [0.15, 0.2) is 0 Å². The minimum atomic E-state index is -3.80. The van der Waals surface area contributed by atoms with Gasteiger partial charge >= 0.3 is 5.92 Å². The third-order valence-electron chi connectivity index (χ3n) is 2.45. The highest BCUT2D eigenvalue weighted by Gasteiger charge is 2.45. The summed E-state index contributed by atoms with van der Waals surface area (Å²) in [5.41, 5.74) is 0.788. The van der Waals surface area contributed by atoms with Crippen molar-refractivity contribution >= 4 is 0 Å². The molecule has 0 aromatic heterocycles. The number of aliphatic hydroxyl groups is 3. The van der Waals surface area contributed by atoms with Gasteiger partial charge in [0.05, 0.1) is 19.8 Å². The van der Waals surface area contributed by atoms with Crippen LogP contribution in [-0.2, 0) is 11.3 Å². The van der Waals surface area contributed by atoms with Crippen molar-refractivity contribution in [2.45, 2.75) is 24.7 Å². The number of rotatable bonds is 7. The lowest BCUT2D eigenvalue weighted by Crippen LogP contribution is -2.48. The average Bonchev–Trinajstić information content (AvgIpc) is 2.38. The molecule has 102 valence electrons. The van der Waals surface area contributed by atoms with Crippen molar-refractivity contribution in [3.05, 3.63) is 35.9 Å². The second kappa shape index (κ2) is 6.75. The highest BCUT2D eigenvalue weighted by molar-refractivity contribution is 5.13. The zero-order valence-electron chi connectivity index (χ0n) is 9.67. The predicted octanol–water partition coefficient (Wildman–Crippen LogP) is 0.553. The first kappa shape index (κ1) is 15.0. The van der Waals surface area contributed by atoms with Gasteiger partial charge in [-0.3, -0.25) is 0 Å². The maximum absolute atomic E-state index is 13.2. The van der Waals surface area contributed by atoms with Crippen LogP contribution < -0.4 is 0 Å². The van der Waals surface area contributed by atoms with Crippen LogP contribution in [0.5, 0.6) is 0 Å². The van der Waals surface area contributed by atoms with Gasteiger partial charge in [0.25, 0.3) is 0 Å². The molecule has 0 aliphatic heterocycles. The molecule has 1 rings (SSSR count). The smallest absolute Gasteiger partial charge is 0.303 e. The molecule has 0 saturated carbocycles. The van der Waals surface area contributed by atoms with E-state index in [2.05, 4.69) is 0 Å². The number of hydrogen-bond acceptors (Lipinski definition) is 4. The predicted molar refractivity (Wildman–Crippen MR) is 60.1 cm³/mol. The van der Waals surface area contributed by atoms with E-state index in [4.69, 9.17) is 14.9 Å². The van der Waals surface area contributed by atoms with Crippen molar-refractivity contribution in [1.82, 2.24) is 0 Å². The minimum Gasteiger partial charge on any atom is -0.393 e. The Labute approximate surface area is 103 Å². The largest absolute Gasteiger partial charge is 0.393 e. The van der Waals surface area contributed by atoms with Crippen LogP contribution in [0.1, 0.15) is 5.56 Å². The molecule has 0 fully saturated rings. The number of aliphatic hydroxyl groups excluding tert-OH is 3. The molecule has 0 saturated heterocycles. The maximum atomic E-state index is 13.2. The van der Waals surface area contributed by atoms with Gasteiger partial charge < -0.3 is 20.1 Å². The molecule has 0 spiro atoms. The number of ether oxygens (including phenoxy) is 1. The summed E-state index contributed by atoms with van der Waals surface area (Å²) in [6.45, 7) is -1.66. The zero-order valence-corrected chi connectivity index (χ0v) is 9.67. The summed E-state index contributed by atoms with van der Waals surface area (Å²) in [5, 5.41) is 26.5. The van der Waals surface area contributed by atoms with E-state index in [0.29, 0.717) is 0 Å². The van der Waals surface area contributed by atoms with E-state index in [1.165, 1.54) is 0 Å². The molecule has 0 aliphatic rings. The van der Waals surface area contributed by atoms with E-state index >= 15 is 0 Å². The quantitative estimate of drug-likeness (QED) is 0.671. The SMILES string of the molecule is OC[C@H](O)C(F)(F)[C@H](O)COCc1ccccc1. The monoisotopic (exact) mass is 262 g/mol. The van der Waals surface area contributed by atoms with Crippen molar-refractivity contribution in [1.29, 1.82) is 0 Å². The van der Waals surface area contributed by atoms with Crippen LogP contribution >= 0.6 is 0 Å². The minimum absolute atomic E-state index is 0.0865. The van der Waals surface area contributed by atoms with Gasteiger partial charge in [-0.05, 0) is 5.56 Å². The molecule has 0 radical (unpaired) electrons. The van der Waals surface area contributed by atoms with Gasteiger partial charge in [-0.2, -0.15) is 0 Å². The van der Waals surface area contributed by atoms with Crippen LogP contribution in [0.25, 0.3) is 0 Å². The van der Waals surface area contributed by atoms with E-state index in [0.717, 1.165) is 5.56 Å². The molecule has 3 N–H and O–H groups in total. The molecule has 0 unspecified atom stereocenters. The fourth-order valence-corrected chi connectivity index (χ4v) is 1.32. The lowest BCUT2D eigenvalue weighted by Gasteiger charge is -2.25. The van der Waals surface area contributed by atoms with E-state index in [-0.39, 0.29) is 6.61 Å². The molecule has 18 heavy (non-hydrogen) atoms. The van der Waals surface area contributed by atoms with Crippen molar-refractivity contribution < 1.29 is 28.8 Å². The third kappa shape index (κ3) is 3.99. The van der Waals surface area contributed by atoms with Gasteiger partial charge in [-0.1, -0.05) is 30.3 Å². The van der Waals surface area contributed by atoms with Crippen LogP contribution in [0, 0.1) is 0 Å². The first-order valence-corrected chi connectivity index (χ1v) is 5.45. The van der Waals surface area contributed by atoms with Crippen molar-refractivity contribution in [2.24, 2.45) is 0 Å². The van der Waals surface area contributed by atoms with E-state index in [9.17, 15) is 13.9 Å². The molecule has 2 atom stereocenters. The first-order chi connectivity index (χ1) is 8.48. The third-order valence-corrected chi connectivity index (χ3v) is 2.45. The molecule has 0 heterocycles. The summed E-state index contributed by atoms with van der Waals surface area (Å²) in [6.07, 6.45) is -4.46. The number of alkyl halides is 2. The lowest BCUT2D eigenvalue weighted by molar-refractivity contribution is -0.200. The summed E-state index contributed by atoms with van der Waals surface area (Å²) in [5.74, 6) is -3.80.